The highest BCUT2D eigenvalue weighted by atomic mass is 35.5. The van der Waals surface area contributed by atoms with Gasteiger partial charge >= 0.3 is 0 Å². The number of hydrogen-bond acceptors (Lipinski definition) is 2. The van der Waals surface area contributed by atoms with Gasteiger partial charge in [0.2, 0.25) is 0 Å². The first-order valence-electron chi connectivity index (χ1n) is 4.81. The van der Waals surface area contributed by atoms with E-state index in [1.807, 2.05) is 0 Å². The molecule has 2 rings (SSSR count). The Kier molecular flexibility index (Phi) is 4.23. The average Bonchev–Trinajstić information content (AvgIpc) is 2.42. The first-order valence-corrected chi connectivity index (χ1v) is 4.81. The second kappa shape index (κ2) is 4.99. The van der Waals surface area contributed by atoms with Crippen molar-refractivity contribution in [1.82, 2.24) is 5.32 Å². The molecule has 0 amide bonds. The van der Waals surface area contributed by atoms with Gasteiger partial charge in [0.15, 0.2) is 0 Å². The molecule has 0 aliphatic carbocycles. The van der Waals surface area contributed by atoms with Crippen molar-refractivity contribution < 1.29 is 4.74 Å². The van der Waals surface area contributed by atoms with Gasteiger partial charge in [-0.05, 0) is 25.7 Å². The largest absolute Gasteiger partial charge is 0.381 e. The van der Waals surface area contributed by atoms with Crippen molar-refractivity contribution in [2.45, 2.75) is 37.8 Å². The SMILES string of the molecule is COCC=C1CC2CCC(C1)N2.Cl. The summed E-state index contributed by atoms with van der Waals surface area (Å²) in [5.41, 5.74) is 1.60. The zero-order valence-electron chi connectivity index (χ0n) is 8.08. The van der Waals surface area contributed by atoms with E-state index in [1.54, 1.807) is 12.7 Å². The van der Waals surface area contributed by atoms with Gasteiger partial charge < -0.3 is 10.1 Å². The van der Waals surface area contributed by atoms with Crippen molar-refractivity contribution in [1.29, 1.82) is 0 Å². The monoisotopic (exact) mass is 203 g/mol. The fourth-order valence-electron chi connectivity index (χ4n) is 2.31. The van der Waals surface area contributed by atoms with Crippen molar-refractivity contribution in [3.8, 4) is 0 Å². The molecule has 0 aromatic rings. The van der Waals surface area contributed by atoms with Crippen LogP contribution in [0.15, 0.2) is 11.6 Å². The third-order valence-corrected chi connectivity index (χ3v) is 2.89. The van der Waals surface area contributed by atoms with Gasteiger partial charge in [0.1, 0.15) is 0 Å². The second-order valence-corrected chi connectivity index (χ2v) is 3.86. The van der Waals surface area contributed by atoms with Crippen LogP contribution in [-0.2, 0) is 4.74 Å². The predicted molar refractivity (Wildman–Crippen MR) is 56.4 cm³/mol. The maximum absolute atomic E-state index is 5.04. The summed E-state index contributed by atoms with van der Waals surface area (Å²) in [5.74, 6) is 0. The molecule has 2 aliphatic rings. The second-order valence-electron chi connectivity index (χ2n) is 3.86. The maximum atomic E-state index is 5.04. The van der Waals surface area contributed by atoms with E-state index in [1.165, 1.54) is 25.7 Å². The van der Waals surface area contributed by atoms with Crippen LogP contribution in [0.25, 0.3) is 0 Å². The molecular weight excluding hydrogens is 186 g/mol. The van der Waals surface area contributed by atoms with Crippen molar-refractivity contribution >= 4 is 12.4 Å². The number of methoxy groups -OCH3 is 1. The molecule has 2 nitrogen and oxygen atoms in total. The Bertz CT molecular complexity index is 179. The average molecular weight is 204 g/mol. The van der Waals surface area contributed by atoms with Gasteiger partial charge in [-0.1, -0.05) is 11.6 Å². The van der Waals surface area contributed by atoms with E-state index in [2.05, 4.69) is 11.4 Å². The van der Waals surface area contributed by atoms with Gasteiger partial charge in [-0.2, -0.15) is 0 Å². The summed E-state index contributed by atoms with van der Waals surface area (Å²) in [6.07, 6.45) is 7.50. The molecule has 2 bridgehead atoms. The molecule has 0 aromatic carbocycles. The standard InChI is InChI=1S/C10H17NO.ClH/c1-12-5-4-8-6-9-2-3-10(7-8)11-9;/h4,9-11H,2-3,5-7H2,1H3;1H. The van der Waals surface area contributed by atoms with E-state index in [9.17, 15) is 0 Å². The summed E-state index contributed by atoms with van der Waals surface area (Å²) in [4.78, 5) is 0. The normalized spacial score (nSPS) is 31.3. The summed E-state index contributed by atoms with van der Waals surface area (Å²) >= 11 is 0. The molecule has 2 heterocycles. The number of hydrogen-bond donors (Lipinski definition) is 1. The van der Waals surface area contributed by atoms with Crippen LogP contribution in [0.1, 0.15) is 25.7 Å². The number of fused-ring (bicyclic) bond motifs is 2. The fraction of sp³-hybridized carbons (Fsp3) is 0.800. The summed E-state index contributed by atoms with van der Waals surface area (Å²) in [7, 11) is 1.76. The number of ether oxygens (including phenoxy) is 1. The highest BCUT2D eigenvalue weighted by molar-refractivity contribution is 5.85. The van der Waals surface area contributed by atoms with Crippen LogP contribution in [0, 0.1) is 0 Å². The Balaban J connectivity index is 0.000000845. The van der Waals surface area contributed by atoms with E-state index >= 15 is 0 Å². The Labute approximate surface area is 86.1 Å². The zero-order valence-corrected chi connectivity index (χ0v) is 8.90. The van der Waals surface area contributed by atoms with Crippen LogP contribution in [-0.4, -0.2) is 25.8 Å². The van der Waals surface area contributed by atoms with Gasteiger partial charge in [-0.3, -0.25) is 0 Å². The van der Waals surface area contributed by atoms with E-state index in [0.717, 1.165) is 18.7 Å². The molecule has 2 saturated heterocycles. The van der Waals surface area contributed by atoms with Crippen molar-refractivity contribution in [2.75, 3.05) is 13.7 Å². The van der Waals surface area contributed by atoms with Crippen molar-refractivity contribution in [3.05, 3.63) is 11.6 Å². The molecule has 0 aromatic heterocycles. The van der Waals surface area contributed by atoms with Crippen LogP contribution < -0.4 is 5.32 Å². The smallest absolute Gasteiger partial charge is 0.0646 e. The van der Waals surface area contributed by atoms with Crippen LogP contribution in [0.5, 0.6) is 0 Å². The lowest BCUT2D eigenvalue weighted by Gasteiger charge is -2.23. The van der Waals surface area contributed by atoms with E-state index < -0.39 is 0 Å². The summed E-state index contributed by atoms with van der Waals surface area (Å²) in [6.45, 7) is 0.786. The Morgan fingerprint density at radius 2 is 2.00 bits per heavy atom. The molecule has 0 radical (unpaired) electrons. The number of nitrogens with one attached hydrogen (secondary N) is 1. The molecule has 0 spiro atoms. The molecule has 13 heavy (non-hydrogen) atoms. The van der Waals surface area contributed by atoms with E-state index in [4.69, 9.17) is 4.74 Å². The van der Waals surface area contributed by atoms with Gasteiger partial charge in [0.05, 0.1) is 6.61 Å². The maximum Gasteiger partial charge on any atom is 0.0646 e. The minimum Gasteiger partial charge on any atom is -0.381 e. The first-order chi connectivity index (χ1) is 5.88. The van der Waals surface area contributed by atoms with Gasteiger partial charge in [-0.25, -0.2) is 0 Å². The number of rotatable bonds is 2. The third-order valence-electron chi connectivity index (χ3n) is 2.89. The lowest BCUT2D eigenvalue weighted by atomic mass is 9.99. The zero-order chi connectivity index (χ0) is 8.39. The Morgan fingerprint density at radius 1 is 1.38 bits per heavy atom. The Hall–Kier alpha value is -0.0500. The molecule has 2 unspecified atom stereocenters. The topological polar surface area (TPSA) is 21.3 Å². The molecule has 2 atom stereocenters. The summed E-state index contributed by atoms with van der Waals surface area (Å²) in [5, 5.41) is 3.62. The predicted octanol–water partition coefficient (Wildman–Crippen LogP) is 1.90. The number of halogens is 1. The molecule has 1 N–H and O–H groups in total. The molecule has 3 heteroatoms. The number of piperidine rings is 1. The highest BCUT2D eigenvalue weighted by Gasteiger charge is 2.29. The van der Waals surface area contributed by atoms with Crippen molar-refractivity contribution in [3.63, 3.8) is 0 Å². The van der Waals surface area contributed by atoms with Crippen LogP contribution in [0.4, 0.5) is 0 Å². The van der Waals surface area contributed by atoms with Crippen LogP contribution in [0.3, 0.4) is 0 Å². The minimum absolute atomic E-state index is 0. The molecular formula is C10H18ClNO. The fourth-order valence-corrected chi connectivity index (χ4v) is 2.31. The van der Waals surface area contributed by atoms with Gasteiger partial charge in [0.25, 0.3) is 0 Å². The molecule has 0 saturated carbocycles. The minimum atomic E-state index is 0. The van der Waals surface area contributed by atoms with Crippen LogP contribution >= 0.6 is 12.4 Å². The molecule has 2 aliphatic heterocycles. The lowest BCUT2D eigenvalue weighted by molar-refractivity contribution is 0.232. The first kappa shape index (κ1) is 11.0. The van der Waals surface area contributed by atoms with Crippen LogP contribution in [0.2, 0.25) is 0 Å². The third kappa shape index (κ3) is 2.70. The van der Waals surface area contributed by atoms with Crippen molar-refractivity contribution in [2.24, 2.45) is 0 Å². The highest BCUT2D eigenvalue weighted by Crippen LogP contribution is 2.29. The quantitative estimate of drug-likeness (QED) is 0.693. The van der Waals surface area contributed by atoms with E-state index in [-0.39, 0.29) is 12.4 Å². The molecule has 2 fully saturated rings. The summed E-state index contributed by atoms with van der Waals surface area (Å²) < 4.78 is 5.04. The lowest BCUT2D eigenvalue weighted by Crippen LogP contribution is -2.34. The molecule has 76 valence electrons. The van der Waals surface area contributed by atoms with Gasteiger partial charge in [0, 0.05) is 19.2 Å². The Morgan fingerprint density at radius 3 is 2.54 bits per heavy atom. The van der Waals surface area contributed by atoms with Gasteiger partial charge in [-0.15, -0.1) is 12.4 Å². The van der Waals surface area contributed by atoms with E-state index in [0.29, 0.717) is 0 Å². The summed E-state index contributed by atoms with van der Waals surface area (Å²) in [6, 6.07) is 1.54.